The number of likely N-dealkylation sites (tertiary alicyclic amines) is 1. The Kier molecular flexibility index (Phi) is 4.85. The molecule has 0 spiro atoms. The van der Waals surface area contributed by atoms with Gasteiger partial charge in [-0.3, -0.25) is 9.88 Å². The average Bonchev–Trinajstić information content (AvgIpc) is 3.35. The second kappa shape index (κ2) is 7.23. The van der Waals surface area contributed by atoms with Gasteiger partial charge in [-0.15, -0.1) is 10.2 Å². The largest absolute Gasteiger partial charge is 0.304 e. The van der Waals surface area contributed by atoms with Gasteiger partial charge in [-0.1, -0.05) is 24.2 Å². The lowest BCUT2D eigenvalue weighted by Crippen LogP contribution is -2.31. The summed E-state index contributed by atoms with van der Waals surface area (Å²) in [4.78, 5) is 6.87. The molecule has 0 bridgehead atoms. The van der Waals surface area contributed by atoms with E-state index in [9.17, 15) is 0 Å². The Morgan fingerprint density at radius 1 is 1.17 bits per heavy atom. The number of nitrogens with zero attached hydrogens (tertiary/aromatic N) is 5. The van der Waals surface area contributed by atoms with Crippen LogP contribution in [0.25, 0.3) is 0 Å². The average molecular weight is 344 g/mol. The zero-order chi connectivity index (χ0) is 16.4. The van der Waals surface area contributed by atoms with Crippen LogP contribution in [-0.2, 0) is 12.3 Å². The van der Waals surface area contributed by atoms with E-state index in [1.807, 2.05) is 18.3 Å². The van der Waals surface area contributed by atoms with E-state index in [1.54, 1.807) is 11.8 Å². The van der Waals surface area contributed by atoms with E-state index in [0.29, 0.717) is 6.04 Å². The molecule has 0 amide bonds. The molecule has 2 aliphatic rings. The van der Waals surface area contributed by atoms with Crippen molar-refractivity contribution in [1.29, 1.82) is 0 Å². The van der Waals surface area contributed by atoms with Crippen molar-refractivity contribution in [2.45, 2.75) is 55.6 Å². The third kappa shape index (κ3) is 3.64. The summed E-state index contributed by atoms with van der Waals surface area (Å²) in [5.74, 6) is 2.85. The lowest BCUT2D eigenvalue weighted by Gasteiger charge is -2.31. The molecule has 5 nitrogen and oxygen atoms in total. The maximum atomic E-state index is 4.61. The van der Waals surface area contributed by atoms with Crippen LogP contribution < -0.4 is 0 Å². The Morgan fingerprint density at radius 2 is 2.08 bits per heavy atom. The molecule has 0 radical (unpaired) electrons. The molecule has 4 rings (SSSR count). The van der Waals surface area contributed by atoms with Crippen LogP contribution in [0.5, 0.6) is 0 Å². The summed E-state index contributed by atoms with van der Waals surface area (Å²) < 4.78 is 2.40. The standard InChI is InChI=1S/C18H25N5S/c1-22-11-5-3-7-16(22)17-20-21-18(23(17)12-14-8-9-14)24-13-15-6-2-4-10-19-15/h2,4,6,10,14,16H,3,5,7-9,11-13H2,1H3. The van der Waals surface area contributed by atoms with Crippen LogP contribution in [0.2, 0.25) is 0 Å². The van der Waals surface area contributed by atoms with Crippen LogP contribution in [0.1, 0.15) is 49.7 Å². The third-order valence-electron chi connectivity index (χ3n) is 5.03. The molecule has 2 fully saturated rings. The number of pyridine rings is 1. The van der Waals surface area contributed by atoms with Crippen LogP contribution in [0.15, 0.2) is 29.6 Å². The first-order chi connectivity index (χ1) is 11.8. The van der Waals surface area contributed by atoms with E-state index in [0.717, 1.165) is 35.6 Å². The highest BCUT2D eigenvalue weighted by atomic mass is 32.2. The monoisotopic (exact) mass is 343 g/mol. The molecule has 2 aromatic heterocycles. The fourth-order valence-corrected chi connectivity index (χ4v) is 4.28. The molecule has 6 heteroatoms. The van der Waals surface area contributed by atoms with Gasteiger partial charge in [-0.2, -0.15) is 0 Å². The maximum Gasteiger partial charge on any atom is 0.191 e. The van der Waals surface area contributed by atoms with Gasteiger partial charge in [-0.05, 0) is 57.3 Å². The van der Waals surface area contributed by atoms with Gasteiger partial charge in [0.1, 0.15) is 0 Å². The number of aromatic nitrogens is 4. The summed E-state index contributed by atoms with van der Waals surface area (Å²) in [5.41, 5.74) is 1.10. The SMILES string of the molecule is CN1CCCCC1c1nnc(SCc2ccccn2)n1CC1CC1. The van der Waals surface area contributed by atoms with E-state index < -0.39 is 0 Å². The van der Waals surface area contributed by atoms with Gasteiger partial charge in [0.05, 0.1) is 11.7 Å². The molecule has 1 aliphatic heterocycles. The normalized spacial score (nSPS) is 22.0. The summed E-state index contributed by atoms with van der Waals surface area (Å²) in [6, 6.07) is 6.50. The smallest absolute Gasteiger partial charge is 0.191 e. The second-order valence-corrected chi connectivity index (χ2v) is 7.94. The molecule has 1 aliphatic carbocycles. The topological polar surface area (TPSA) is 46.8 Å². The van der Waals surface area contributed by atoms with Crippen molar-refractivity contribution in [2.24, 2.45) is 5.92 Å². The lowest BCUT2D eigenvalue weighted by molar-refractivity contribution is 0.174. The molecule has 0 aromatic carbocycles. The highest BCUT2D eigenvalue weighted by Gasteiger charge is 2.30. The Bertz CT molecular complexity index is 667. The molecular formula is C18H25N5S. The summed E-state index contributed by atoms with van der Waals surface area (Å²) in [7, 11) is 2.22. The molecule has 24 heavy (non-hydrogen) atoms. The van der Waals surface area contributed by atoms with E-state index in [-0.39, 0.29) is 0 Å². The number of thioether (sulfide) groups is 1. The van der Waals surface area contributed by atoms with Gasteiger partial charge < -0.3 is 4.57 Å². The summed E-state index contributed by atoms with van der Waals surface area (Å²) in [6.07, 6.45) is 8.34. The zero-order valence-electron chi connectivity index (χ0n) is 14.3. The van der Waals surface area contributed by atoms with Crippen LogP contribution in [0.3, 0.4) is 0 Å². The van der Waals surface area contributed by atoms with E-state index in [1.165, 1.54) is 37.9 Å². The molecule has 2 aromatic rings. The van der Waals surface area contributed by atoms with Crippen LogP contribution in [0.4, 0.5) is 0 Å². The fraction of sp³-hybridized carbons (Fsp3) is 0.611. The van der Waals surface area contributed by atoms with Crippen LogP contribution >= 0.6 is 11.8 Å². The van der Waals surface area contributed by atoms with Crippen molar-refractivity contribution in [1.82, 2.24) is 24.6 Å². The summed E-state index contributed by atoms with van der Waals surface area (Å²) in [5, 5.41) is 10.2. The van der Waals surface area contributed by atoms with Gasteiger partial charge in [0.25, 0.3) is 0 Å². The van der Waals surface area contributed by atoms with Crippen molar-refractivity contribution in [2.75, 3.05) is 13.6 Å². The zero-order valence-corrected chi connectivity index (χ0v) is 15.1. The molecule has 128 valence electrons. The quantitative estimate of drug-likeness (QED) is 0.751. The van der Waals surface area contributed by atoms with Gasteiger partial charge in [0, 0.05) is 18.5 Å². The molecule has 1 saturated heterocycles. The Balaban J connectivity index is 1.54. The molecule has 1 unspecified atom stereocenters. The maximum absolute atomic E-state index is 4.61. The van der Waals surface area contributed by atoms with Gasteiger partial charge in [-0.25, -0.2) is 0 Å². The number of hydrogen-bond donors (Lipinski definition) is 0. The first-order valence-corrected chi connectivity index (χ1v) is 9.96. The van der Waals surface area contributed by atoms with Crippen LogP contribution in [0, 0.1) is 5.92 Å². The molecule has 1 saturated carbocycles. The molecule has 0 N–H and O–H groups in total. The van der Waals surface area contributed by atoms with Gasteiger partial charge in [0.15, 0.2) is 11.0 Å². The number of piperidine rings is 1. The summed E-state index contributed by atoms with van der Waals surface area (Å²) in [6.45, 7) is 2.24. The van der Waals surface area contributed by atoms with Crippen molar-refractivity contribution in [3.05, 3.63) is 35.9 Å². The number of hydrogen-bond acceptors (Lipinski definition) is 5. The Morgan fingerprint density at radius 3 is 2.83 bits per heavy atom. The molecule has 1 atom stereocenters. The minimum absolute atomic E-state index is 0.425. The number of rotatable bonds is 6. The Labute approximate surface area is 147 Å². The van der Waals surface area contributed by atoms with Crippen molar-refractivity contribution in [3.63, 3.8) is 0 Å². The van der Waals surface area contributed by atoms with Gasteiger partial charge >= 0.3 is 0 Å². The molecular weight excluding hydrogens is 318 g/mol. The highest BCUT2D eigenvalue weighted by molar-refractivity contribution is 7.98. The second-order valence-electron chi connectivity index (χ2n) is 7.00. The predicted octanol–water partition coefficient (Wildman–Crippen LogP) is 3.53. The third-order valence-corrected chi connectivity index (χ3v) is 6.03. The van der Waals surface area contributed by atoms with Crippen molar-refractivity contribution in [3.8, 4) is 0 Å². The minimum atomic E-state index is 0.425. The van der Waals surface area contributed by atoms with E-state index in [4.69, 9.17) is 0 Å². The first-order valence-electron chi connectivity index (χ1n) is 8.97. The fourth-order valence-electron chi connectivity index (χ4n) is 3.41. The first kappa shape index (κ1) is 16.1. The molecule has 3 heterocycles. The van der Waals surface area contributed by atoms with Crippen molar-refractivity contribution < 1.29 is 0 Å². The highest BCUT2D eigenvalue weighted by Crippen LogP contribution is 2.36. The predicted molar refractivity (Wildman–Crippen MR) is 95.8 cm³/mol. The van der Waals surface area contributed by atoms with Crippen LogP contribution in [-0.4, -0.2) is 38.2 Å². The lowest BCUT2D eigenvalue weighted by atomic mass is 10.0. The van der Waals surface area contributed by atoms with E-state index >= 15 is 0 Å². The van der Waals surface area contributed by atoms with E-state index in [2.05, 4.69) is 37.8 Å². The Hall–Kier alpha value is -1.40. The van der Waals surface area contributed by atoms with Crippen molar-refractivity contribution >= 4 is 11.8 Å². The van der Waals surface area contributed by atoms with Gasteiger partial charge in [0.2, 0.25) is 0 Å². The minimum Gasteiger partial charge on any atom is -0.304 e. The summed E-state index contributed by atoms with van der Waals surface area (Å²) >= 11 is 1.76.